The minimum absolute atomic E-state index is 0.349. The molecule has 0 aliphatic heterocycles. The van der Waals surface area contributed by atoms with E-state index in [0.29, 0.717) is 6.07 Å². The van der Waals surface area contributed by atoms with Crippen molar-refractivity contribution < 1.29 is 26.0 Å². The Balaban J connectivity index is 3.16. The van der Waals surface area contributed by atoms with E-state index in [2.05, 4.69) is 15.9 Å². The van der Waals surface area contributed by atoms with Gasteiger partial charge in [-0.15, -0.1) is 0 Å². The molecule has 0 amide bonds. The Kier molecular flexibility index (Phi) is 4.50. The summed E-state index contributed by atoms with van der Waals surface area (Å²) in [5.41, 5.74) is 0. The second-order valence-electron chi connectivity index (χ2n) is 2.94. The van der Waals surface area contributed by atoms with Gasteiger partial charge in [-0.3, -0.25) is 0 Å². The monoisotopic (exact) mass is 335 g/mol. The Morgan fingerprint density at radius 3 is 2.35 bits per heavy atom. The third-order valence-corrected chi connectivity index (χ3v) is 4.05. The SMILES string of the molecule is O=S(=O)(NCC(F)F)c1c(F)cc(F)cc1Br. The normalized spacial score (nSPS) is 12.1. The van der Waals surface area contributed by atoms with Crippen molar-refractivity contribution in [2.75, 3.05) is 6.54 Å². The summed E-state index contributed by atoms with van der Waals surface area (Å²) in [5.74, 6) is -2.35. The Hall–Kier alpha value is -0.670. The van der Waals surface area contributed by atoms with Gasteiger partial charge in [0.05, 0.1) is 6.54 Å². The van der Waals surface area contributed by atoms with Gasteiger partial charge in [0.2, 0.25) is 10.0 Å². The van der Waals surface area contributed by atoms with Gasteiger partial charge in [0.15, 0.2) is 0 Å². The lowest BCUT2D eigenvalue weighted by atomic mass is 10.3. The molecule has 9 heteroatoms. The summed E-state index contributed by atoms with van der Waals surface area (Å²) < 4.78 is 73.7. The molecule has 0 radical (unpaired) electrons. The molecule has 0 spiro atoms. The third kappa shape index (κ3) is 3.65. The highest BCUT2D eigenvalue weighted by Gasteiger charge is 2.24. The summed E-state index contributed by atoms with van der Waals surface area (Å²) in [5, 5.41) is 0. The van der Waals surface area contributed by atoms with E-state index in [-0.39, 0.29) is 4.47 Å². The largest absolute Gasteiger partial charge is 0.251 e. The molecule has 17 heavy (non-hydrogen) atoms. The van der Waals surface area contributed by atoms with Gasteiger partial charge in [0.25, 0.3) is 6.43 Å². The van der Waals surface area contributed by atoms with Gasteiger partial charge >= 0.3 is 0 Å². The zero-order valence-electron chi connectivity index (χ0n) is 8.05. The lowest BCUT2D eigenvalue weighted by molar-refractivity contribution is 0.153. The van der Waals surface area contributed by atoms with Crippen molar-refractivity contribution in [1.82, 2.24) is 4.72 Å². The molecule has 0 aromatic heterocycles. The molecular formula is C8H6BrF4NO2S. The van der Waals surface area contributed by atoms with Crippen LogP contribution in [-0.2, 0) is 10.0 Å². The van der Waals surface area contributed by atoms with Crippen LogP contribution in [0.5, 0.6) is 0 Å². The summed E-state index contributed by atoms with van der Waals surface area (Å²) in [6.07, 6.45) is -2.91. The summed E-state index contributed by atoms with van der Waals surface area (Å²) >= 11 is 2.65. The molecule has 1 aromatic carbocycles. The number of hydrogen-bond donors (Lipinski definition) is 1. The summed E-state index contributed by atoms with van der Waals surface area (Å²) in [7, 11) is -4.45. The van der Waals surface area contributed by atoms with Gasteiger partial charge in [0.1, 0.15) is 16.5 Å². The van der Waals surface area contributed by atoms with Crippen molar-refractivity contribution in [1.29, 1.82) is 0 Å². The average Bonchev–Trinajstić information content (AvgIpc) is 2.12. The van der Waals surface area contributed by atoms with E-state index in [4.69, 9.17) is 0 Å². The van der Waals surface area contributed by atoms with Crippen molar-refractivity contribution >= 4 is 26.0 Å². The topological polar surface area (TPSA) is 46.2 Å². The van der Waals surface area contributed by atoms with Gasteiger partial charge in [-0.2, -0.15) is 0 Å². The number of benzene rings is 1. The van der Waals surface area contributed by atoms with Crippen LogP contribution >= 0.6 is 15.9 Å². The van der Waals surface area contributed by atoms with E-state index in [9.17, 15) is 26.0 Å². The van der Waals surface area contributed by atoms with Crippen molar-refractivity contribution in [3.8, 4) is 0 Å². The Morgan fingerprint density at radius 1 is 1.29 bits per heavy atom. The van der Waals surface area contributed by atoms with Crippen LogP contribution in [0.2, 0.25) is 0 Å². The fraction of sp³-hybridized carbons (Fsp3) is 0.250. The molecule has 0 saturated carbocycles. The first-order chi connectivity index (χ1) is 7.74. The molecule has 0 aliphatic carbocycles. The molecule has 0 aliphatic rings. The maximum atomic E-state index is 13.3. The molecule has 1 N–H and O–H groups in total. The lowest BCUT2D eigenvalue weighted by Crippen LogP contribution is -2.29. The molecule has 0 bridgehead atoms. The van der Waals surface area contributed by atoms with Crippen molar-refractivity contribution in [2.24, 2.45) is 0 Å². The first-order valence-electron chi connectivity index (χ1n) is 4.16. The van der Waals surface area contributed by atoms with E-state index in [1.54, 1.807) is 0 Å². The van der Waals surface area contributed by atoms with Crippen molar-refractivity contribution in [2.45, 2.75) is 11.3 Å². The van der Waals surface area contributed by atoms with E-state index >= 15 is 0 Å². The average molecular weight is 336 g/mol. The minimum atomic E-state index is -4.45. The number of nitrogens with one attached hydrogen (secondary N) is 1. The third-order valence-electron chi connectivity index (χ3n) is 1.66. The van der Waals surface area contributed by atoms with Gasteiger partial charge in [-0.05, 0) is 22.0 Å². The summed E-state index contributed by atoms with van der Waals surface area (Å²) in [4.78, 5) is -0.903. The Morgan fingerprint density at radius 2 is 1.88 bits per heavy atom. The molecule has 0 saturated heterocycles. The second-order valence-corrected chi connectivity index (χ2v) is 5.50. The highest BCUT2D eigenvalue weighted by Crippen LogP contribution is 2.26. The van der Waals surface area contributed by atoms with Crippen LogP contribution in [0.25, 0.3) is 0 Å². The fourth-order valence-corrected chi connectivity index (χ4v) is 3.20. The molecule has 0 fully saturated rings. The quantitative estimate of drug-likeness (QED) is 0.858. The Labute approximate surface area is 103 Å². The smallest absolute Gasteiger partial charge is 0.209 e. The van der Waals surface area contributed by atoms with Crippen LogP contribution < -0.4 is 4.72 Å². The number of halogens is 5. The number of hydrogen-bond acceptors (Lipinski definition) is 2. The van der Waals surface area contributed by atoms with Crippen LogP contribution in [0.3, 0.4) is 0 Å². The number of alkyl halides is 2. The molecular weight excluding hydrogens is 330 g/mol. The first-order valence-corrected chi connectivity index (χ1v) is 6.44. The van der Waals surface area contributed by atoms with Crippen LogP contribution in [0, 0.1) is 11.6 Å². The molecule has 0 unspecified atom stereocenters. The highest BCUT2D eigenvalue weighted by atomic mass is 79.9. The van der Waals surface area contributed by atoms with Gasteiger partial charge in [0, 0.05) is 10.5 Å². The predicted octanol–water partition coefficient (Wildman–Crippen LogP) is 2.27. The predicted molar refractivity (Wildman–Crippen MR) is 55.3 cm³/mol. The second kappa shape index (κ2) is 5.32. The first kappa shape index (κ1) is 14.4. The number of rotatable bonds is 4. The lowest BCUT2D eigenvalue weighted by Gasteiger charge is -2.09. The van der Waals surface area contributed by atoms with Crippen LogP contribution in [-0.4, -0.2) is 21.4 Å². The van der Waals surface area contributed by atoms with E-state index in [0.717, 1.165) is 6.07 Å². The minimum Gasteiger partial charge on any atom is -0.209 e. The van der Waals surface area contributed by atoms with Crippen molar-refractivity contribution in [3.05, 3.63) is 28.2 Å². The van der Waals surface area contributed by atoms with E-state index < -0.39 is 39.5 Å². The van der Waals surface area contributed by atoms with Gasteiger partial charge in [-0.1, -0.05) is 0 Å². The number of sulfonamides is 1. The molecule has 96 valence electrons. The molecule has 0 heterocycles. The summed E-state index contributed by atoms with van der Waals surface area (Å²) in [6.45, 7) is -1.15. The maximum Gasteiger partial charge on any atom is 0.251 e. The molecule has 3 nitrogen and oxygen atoms in total. The maximum absolute atomic E-state index is 13.3. The zero-order valence-corrected chi connectivity index (χ0v) is 10.5. The van der Waals surface area contributed by atoms with Crippen LogP contribution in [0.1, 0.15) is 0 Å². The molecule has 1 rings (SSSR count). The van der Waals surface area contributed by atoms with Gasteiger partial charge < -0.3 is 0 Å². The summed E-state index contributed by atoms with van der Waals surface area (Å²) in [6, 6.07) is 1.07. The van der Waals surface area contributed by atoms with Crippen LogP contribution in [0.15, 0.2) is 21.5 Å². The van der Waals surface area contributed by atoms with Crippen molar-refractivity contribution in [3.63, 3.8) is 0 Å². The zero-order chi connectivity index (χ0) is 13.2. The molecule has 0 atom stereocenters. The van der Waals surface area contributed by atoms with E-state index in [1.165, 1.54) is 4.72 Å². The standard InChI is InChI=1S/C8H6BrF4NO2S/c9-5-1-4(10)2-6(11)8(5)17(15,16)14-3-7(12)13/h1-2,7,14H,3H2. The van der Waals surface area contributed by atoms with Crippen LogP contribution in [0.4, 0.5) is 17.6 Å². The highest BCUT2D eigenvalue weighted by molar-refractivity contribution is 9.10. The van der Waals surface area contributed by atoms with E-state index in [1.807, 2.05) is 0 Å². The Bertz CT molecular complexity index is 497. The molecule has 1 aromatic rings. The van der Waals surface area contributed by atoms with Gasteiger partial charge in [-0.25, -0.2) is 30.7 Å². The fourth-order valence-electron chi connectivity index (χ4n) is 1.03.